The molecule has 6 nitrogen and oxygen atoms in total. The fourth-order valence-electron chi connectivity index (χ4n) is 2.01. The Morgan fingerprint density at radius 3 is 2.70 bits per heavy atom. The molecule has 27 heavy (non-hydrogen) atoms. The average molecular weight is 423 g/mol. The van der Waals surface area contributed by atoms with Crippen LogP contribution in [0.3, 0.4) is 0 Å². The third kappa shape index (κ3) is 5.75. The molecule has 0 unspecified atom stereocenters. The quantitative estimate of drug-likeness (QED) is 0.456. The molecular weight excluding hydrogens is 411 g/mol. The van der Waals surface area contributed by atoms with Crippen molar-refractivity contribution in [1.82, 2.24) is 10.2 Å². The predicted octanol–water partition coefficient (Wildman–Crippen LogP) is 4.31. The molecule has 0 saturated heterocycles. The van der Waals surface area contributed by atoms with Crippen molar-refractivity contribution in [2.75, 3.05) is 16.4 Å². The van der Waals surface area contributed by atoms with Crippen LogP contribution in [0.2, 0.25) is 5.02 Å². The van der Waals surface area contributed by atoms with Gasteiger partial charge in [-0.25, -0.2) is 4.39 Å². The fourth-order valence-corrected chi connectivity index (χ4v) is 3.75. The van der Waals surface area contributed by atoms with Crippen molar-refractivity contribution in [3.8, 4) is 0 Å². The summed E-state index contributed by atoms with van der Waals surface area (Å²) in [6.07, 6.45) is 0. The van der Waals surface area contributed by atoms with Crippen LogP contribution < -0.4 is 10.6 Å². The van der Waals surface area contributed by atoms with E-state index in [4.69, 9.17) is 11.6 Å². The van der Waals surface area contributed by atoms with Gasteiger partial charge in [0.05, 0.1) is 5.75 Å². The average Bonchev–Trinajstić information content (AvgIpc) is 3.07. The first-order chi connectivity index (χ1) is 13.0. The Kier molecular flexibility index (Phi) is 6.38. The molecule has 2 aromatic carbocycles. The summed E-state index contributed by atoms with van der Waals surface area (Å²) in [5, 5.41) is 13.8. The van der Waals surface area contributed by atoms with E-state index in [2.05, 4.69) is 20.8 Å². The van der Waals surface area contributed by atoms with Crippen molar-refractivity contribution in [1.29, 1.82) is 0 Å². The molecule has 138 valence electrons. The van der Waals surface area contributed by atoms with Gasteiger partial charge in [-0.1, -0.05) is 46.8 Å². The zero-order chi connectivity index (χ0) is 19.2. The van der Waals surface area contributed by atoms with Gasteiger partial charge in [-0.05, 0) is 36.4 Å². The van der Waals surface area contributed by atoms with Gasteiger partial charge in [0, 0.05) is 16.3 Å². The second kappa shape index (κ2) is 8.94. The Labute approximate surface area is 167 Å². The van der Waals surface area contributed by atoms with E-state index in [-0.39, 0.29) is 17.6 Å². The van der Waals surface area contributed by atoms with Crippen molar-refractivity contribution < 1.29 is 14.0 Å². The van der Waals surface area contributed by atoms with Gasteiger partial charge in [0.2, 0.25) is 11.0 Å². The second-order valence-corrected chi connectivity index (χ2v) is 7.82. The lowest BCUT2D eigenvalue weighted by Gasteiger charge is -2.03. The van der Waals surface area contributed by atoms with E-state index in [1.807, 2.05) is 0 Å². The molecule has 3 aromatic rings. The lowest BCUT2D eigenvalue weighted by atomic mass is 10.2. The fraction of sp³-hybridized carbons (Fsp3) is 0.0588. The van der Waals surface area contributed by atoms with Gasteiger partial charge in [-0.2, -0.15) is 0 Å². The molecule has 1 aromatic heterocycles. The van der Waals surface area contributed by atoms with Crippen molar-refractivity contribution in [3.05, 3.63) is 64.9 Å². The number of benzene rings is 2. The monoisotopic (exact) mass is 422 g/mol. The van der Waals surface area contributed by atoms with E-state index in [1.54, 1.807) is 30.3 Å². The van der Waals surface area contributed by atoms with Crippen LogP contribution in [-0.4, -0.2) is 27.8 Å². The van der Waals surface area contributed by atoms with Gasteiger partial charge in [0.15, 0.2) is 4.34 Å². The van der Waals surface area contributed by atoms with Crippen molar-refractivity contribution in [3.63, 3.8) is 0 Å². The molecule has 0 atom stereocenters. The number of rotatable bonds is 6. The largest absolute Gasteiger partial charge is 0.325 e. The van der Waals surface area contributed by atoms with Crippen LogP contribution in [0.1, 0.15) is 10.4 Å². The minimum Gasteiger partial charge on any atom is -0.325 e. The molecule has 0 bridgehead atoms. The number of aromatic nitrogens is 2. The molecule has 10 heteroatoms. The first-order valence-corrected chi connectivity index (χ1v) is 9.76. The highest BCUT2D eigenvalue weighted by Gasteiger charge is 2.12. The number of carbonyl (C=O) groups excluding carboxylic acids is 2. The lowest BCUT2D eigenvalue weighted by Crippen LogP contribution is -2.13. The summed E-state index contributed by atoms with van der Waals surface area (Å²) in [6, 6.07) is 12.2. The third-order valence-corrected chi connectivity index (χ3v) is 5.36. The van der Waals surface area contributed by atoms with Gasteiger partial charge >= 0.3 is 0 Å². The minimum atomic E-state index is -0.426. The highest BCUT2D eigenvalue weighted by atomic mass is 35.5. The van der Waals surface area contributed by atoms with Crippen LogP contribution >= 0.6 is 34.7 Å². The SMILES string of the molecule is O=C(CSc1nnc(NC(=O)c2cccc(Cl)c2)s1)Nc1cccc(F)c1. The molecule has 0 aliphatic rings. The normalized spacial score (nSPS) is 10.4. The summed E-state index contributed by atoms with van der Waals surface area (Å²) >= 11 is 8.18. The van der Waals surface area contributed by atoms with E-state index in [9.17, 15) is 14.0 Å². The van der Waals surface area contributed by atoms with Crippen LogP contribution in [0.4, 0.5) is 15.2 Å². The second-order valence-electron chi connectivity index (χ2n) is 5.18. The highest BCUT2D eigenvalue weighted by Crippen LogP contribution is 2.26. The lowest BCUT2D eigenvalue weighted by molar-refractivity contribution is -0.113. The van der Waals surface area contributed by atoms with Crippen molar-refractivity contribution >= 4 is 57.3 Å². The maximum atomic E-state index is 13.1. The first-order valence-electron chi connectivity index (χ1n) is 7.58. The van der Waals surface area contributed by atoms with Crippen LogP contribution in [-0.2, 0) is 4.79 Å². The van der Waals surface area contributed by atoms with Gasteiger partial charge < -0.3 is 5.32 Å². The number of nitrogens with one attached hydrogen (secondary N) is 2. The van der Waals surface area contributed by atoms with Crippen molar-refractivity contribution in [2.45, 2.75) is 4.34 Å². The third-order valence-electron chi connectivity index (χ3n) is 3.15. The molecular formula is C17H12ClFN4O2S2. The topological polar surface area (TPSA) is 84.0 Å². The zero-order valence-corrected chi connectivity index (χ0v) is 16.0. The maximum Gasteiger partial charge on any atom is 0.257 e. The Hall–Kier alpha value is -2.49. The van der Waals surface area contributed by atoms with E-state index < -0.39 is 5.82 Å². The summed E-state index contributed by atoms with van der Waals surface area (Å²) in [5.41, 5.74) is 0.786. The summed E-state index contributed by atoms with van der Waals surface area (Å²) in [7, 11) is 0. The molecule has 0 aliphatic heterocycles. The summed E-state index contributed by atoms with van der Waals surface area (Å²) in [6.45, 7) is 0. The molecule has 2 amide bonds. The number of anilines is 2. The number of hydrogen-bond acceptors (Lipinski definition) is 6. The van der Waals surface area contributed by atoms with E-state index >= 15 is 0 Å². The Morgan fingerprint density at radius 2 is 1.93 bits per heavy atom. The summed E-state index contributed by atoms with van der Waals surface area (Å²) in [5.74, 6) is -1.00. The Balaban J connectivity index is 1.52. The zero-order valence-electron chi connectivity index (χ0n) is 13.6. The van der Waals surface area contributed by atoms with Gasteiger partial charge in [0.25, 0.3) is 5.91 Å². The highest BCUT2D eigenvalue weighted by molar-refractivity contribution is 8.01. The van der Waals surface area contributed by atoms with Gasteiger partial charge in [-0.3, -0.25) is 14.9 Å². The standard InChI is InChI=1S/C17H12ClFN4O2S2/c18-11-4-1-3-10(7-11)15(25)21-16-22-23-17(27-16)26-9-14(24)20-13-6-2-5-12(19)8-13/h1-8H,9H2,(H,20,24)(H,21,22,25). The number of halogens is 2. The van der Waals surface area contributed by atoms with Gasteiger partial charge in [-0.15, -0.1) is 10.2 Å². The predicted molar refractivity (Wildman–Crippen MR) is 105 cm³/mol. The number of hydrogen-bond donors (Lipinski definition) is 2. The van der Waals surface area contributed by atoms with Crippen molar-refractivity contribution in [2.24, 2.45) is 0 Å². The van der Waals surface area contributed by atoms with E-state index in [0.717, 1.165) is 23.1 Å². The molecule has 0 spiro atoms. The molecule has 0 aliphatic carbocycles. The Bertz CT molecular complexity index is 983. The molecule has 0 radical (unpaired) electrons. The molecule has 0 fully saturated rings. The molecule has 0 saturated carbocycles. The van der Waals surface area contributed by atoms with Crippen LogP contribution in [0.25, 0.3) is 0 Å². The molecule has 3 rings (SSSR count). The minimum absolute atomic E-state index is 0.0768. The van der Waals surface area contributed by atoms with E-state index in [1.165, 1.54) is 18.2 Å². The van der Waals surface area contributed by atoms with Crippen LogP contribution in [0.15, 0.2) is 52.9 Å². The first kappa shape index (κ1) is 19.3. The smallest absolute Gasteiger partial charge is 0.257 e. The summed E-state index contributed by atoms with van der Waals surface area (Å²) in [4.78, 5) is 24.1. The van der Waals surface area contributed by atoms with Crippen LogP contribution in [0.5, 0.6) is 0 Å². The van der Waals surface area contributed by atoms with Crippen LogP contribution in [0, 0.1) is 5.82 Å². The maximum absolute atomic E-state index is 13.1. The van der Waals surface area contributed by atoms with Gasteiger partial charge in [0.1, 0.15) is 5.82 Å². The Morgan fingerprint density at radius 1 is 1.11 bits per heavy atom. The number of nitrogens with zero attached hydrogens (tertiary/aromatic N) is 2. The number of amides is 2. The summed E-state index contributed by atoms with van der Waals surface area (Å²) < 4.78 is 13.6. The molecule has 2 N–H and O–H groups in total. The molecule has 1 heterocycles. The number of carbonyl (C=O) groups is 2. The van der Waals surface area contributed by atoms with E-state index in [0.29, 0.717) is 25.7 Å². The number of thioether (sulfide) groups is 1.